The molecule has 1 unspecified atom stereocenters. The zero-order valence-corrected chi connectivity index (χ0v) is 7.94. The summed E-state index contributed by atoms with van der Waals surface area (Å²) < 4.78 is 25.0. The van der Waals surface area contributed by atoms with Crippen molar-refractivity contribution >= 4 is 22.6 Å². The van der Waals surface area contributed by atoms with E-state index < -0.39 is 9.85 Å². The monoisotopic (exact) mass is 261 g/mol. The zero-order valence-electron chi connectivity index (χ0n) is 5.78. The molecule has 1 nitrogen and oxygen atoms in total. The van der Waals surface area contributed by atoms with Crippen LogP contribution in [0.3, 0.4) is 0 Å². The average Bonchev–Trinajstić information content (AvgIpc) is 1.81. The first kappa shape index (κ1) is 8.64. The fraction of sp³-hybridized carbons (Fsp3) is 1.00. The molecule has 1 aliphatic rings. The topological polar surface area (TPSA) is 3.24 Å². The van der Waals surface area contributed by atoms with Crippen LogP contribution in [0.4, 0.5) is 8.78 Å². The van der Waals surface area contributed by atoms with Gasteiger partial charge in [-0.15, -0.1) is 0 Å². The molecule has 1 atom stereocenters. The van der Waals surface area contributed by atoms with Gasteiger partial charge in [0.15, 0.2) is 0 Å². The molecule has 1 heterocycles. The number of nitrogens with zero attached hydrogens (tertiary/aromatic N) is 1. The predicted molar refractivity (Wildman–Crippen MR) is 44.9 cm³/mol. The molecule has 60 valence electrons. The highest BCUT2D eigenvalue weighted by Crippen LogP contribution is 2.32. The molecule has 0 spiro atoms. The largest absolute Gasteiger partial charge is 0.305 e. The highest BCUT2D eigenvalue weighted by molar-refractivity contribution is 14.1. The molecule has 0 bridgehead atoms. The van der Waals surface area contributed by atoms with Gasteiger partial charge in [-0.3, -0.25) is 0 Å². The number of likely N-dealkylation sites (tertiary alicyclic amines) is 1. The molecule has 10 heavy (non-hydrogen) atoms. The van der Waals surface area contributed by atoms with Crippen LogP contribution in [0.1, 0.15) is 6.42 Å². The molecule has 1 fully saturated rings. The Hall–Kier alpha value is 0.550. The maximum atomic E-state index is 12.7. The van der Waals surface area contributed by atoms with Crippen LogP contribution in [0.2, 0.25) is 0 Å². The van der Waals surface area contributed by atoms with E-state index in [-0.39, 0.29) is 6.42 Å². The van der Waals surface area contributed by atoms with E-state index in [1.807, 2.05) is 34.5 Å². The van der Waals surface area contributed by atoms with Crippen LogP contribution >= 0.6 is 22.6 Å². The summed E-state index contributed by atoms with van der Waals surface area (Å²) in [6.07, 6.45) is 0.0110. The van der Waals surface area contributed by atoms with Gasteiger partial charge in [0.1, 0.15) is 0 Å². The van der Waals surface area contributed by atoms with Crippen molar-refractivity contribution in [1.82, 2.24) is 4.90 Å². The Labute approximate surface area is 72.9 Å². The SMILES string of the molecule is CN1CCC(F)(F)C(I)C1. The first-order chi connectivity index (χ1) is 4.52. The number of halogens is 3. The summed E-state index contributed by atoms with van der Waals surface area (Å²) in [6, 6.07) is 0. The fourth-order valence-electron chi connectivity index (χ4n) is 0.995. The minimum atomic E-state index is -2.44. The minimum Gasteiger partial charge on any atom is -0.305 e. The quantitative estimate of drug-likeness (QED) is 0.474. The van der Waals surface area contributed by atoms with Gasteiger partial charge in [-0.25, -0.2) is 8.78 Å². The smallest absolute Gasteiger partial charge is 0.262 e. The van der Waals surface area contributed by atoms with Crippen molar-refractivity contribution in [3.63, 3.8) is 0 Å². The molecule has 0 amide bonds. The number of hydrogen-bond donors (Lipinski definition) is 0. The van der Waals surface area contributed by atoms with Crippen LogP contribution in [-0.4, -0.2) is 34.9 Å². The minimum absolute atomic E-state index is 0.0110. The van der Waals surface area contributed by atoms with Crippen molar-refractivity contribution in [2.24, 2.45) is 0 Å². The molecule has 1 saturated heterocycles. The summed E-state index contributed by atoms with van der Waals surface area (Å²) in [7, 11) is 1.88. The normalized spacial score (nSPS) is 34.2. The van der Waals surface area contributed by atoms with Gasteiger partial charge in [-0.2, -0.15) is 0 Å². The third-order valence-electron chi connectivity index (χ3n) is 1.76. The van der Waals surface area contributed by atoms with Crippen molar-refractivity contribution in [3.8, 4) is 0 Å². The highest BCUT2D eigenvalue weighted by Gasteiger charge is 2.41. The lowest BCUT2D eigenvalue weighted by Crippen LogP contribution is -2.45. The standard InChI is InChI=1S/C6H10F2IN/c1-10-3-2-6(7,8)5(9)4-10/h5H,2-4H2,1H3. The van der Waals surface area contributed by atoms with Crippen LogP contribution in [0.25, 0.3) is 0 Å². The van der Waals surface area contributed by atoms with Gasteiger partial charge in [-0.05, 0) is 7.05 Å². The molecule has 1 rings (SSSR count). The maximum absolute atomic E-state index is 12.7. The second-order valence-electron chi connectivity index (χ2n) is 2.74. The van der Waals surface area contributed by atoms with Gasteiger partial charge in [-0.1, -0.05) is 22.6 Å². The van der Waals surface area contributed by atoms with Crippen LogP contribution in [0.5, 0.6) is 0 Å². The van der Waals surface area contributed by atoms with Crippen molar-refractivity contribution in [2.45, 2.75) is 16.3 Å². The van der Waals surface area contributed by atoms with Gasteiger partial charge in [0.2, 0.25) is 0 Å². The number of hydrogen-bond acceptors (Lipinski definition) is 1. The van der Waals surface area contributed by atoms with Gasteiger partial charge < -0.3 is 4.90 Å². The second kappa shape index (κ2) is 2.89. The van der Waals surface area contributed by atoms with Crippen molar-refractivity contribution in [1.29, 1.82) is 0 Å². The Balaban J connectivity index is 2.52. The Morgan fingerprint density at radius 3 is 2.60 bits per heavy atom. The highest BCUT2D eigenvalue weighted by atomic mass is 127. The van der Waals surface area contributed by atoms with Crippen LogP contribution in [-0.2, 0) is 0 Å². The van der Waals surface area contributed by atoms with Crippen LogP contribution in [0, 0.1) is 0 Å². The summed E-state index contributed by atoms with van der Waals surface area (Å²) in [5.41, 5.74) is 0. The number of piperidine rings is 1. The zero-order chi connectivity index (χ0) is 7.78. The van der Waals surface area contributed by atoms with Gasteiger partial charge in [0.05, 0.1) is 3.92 Å². The van der Waals surface area contributed by atoms with E-state index in [1.54, 1.807) is 0 Å². The molecule has 0 N–H and O–H groups in total. The summed E-state index contributed by atoms with van der Waals surface area (Å²) >= 11 is 1.82. The third kappa shape index (κ3) is 1.78. The maximum Gasteiger partial charge on any atom is 0.262 e. The van der Waals surface area contributed by atoms with Gasteiger partial charge in [0, 0.05) is 19.5 Å². The third-order valence-corrected chi connectivity index (χ3v) is 3.06. The molecule has 0 aromatic rings. The first-order valence-electron chi connectivity index (χ1n) is 3.23. The van der Waals surface area contributed by atoms with E-state index in [9.17, 15) is 8.78 Å². The number of alkyl halides is 3. The Kier molecular flexibility index (Phi) is 2.50. The van der Waals surface area contributed by atoms with E-state index >= 15 is 0 Å². The van der Waals surface area contributed by atoms with Crippen LogP contribution < -0.4 is 0 Å². The van der Waals surface area contributed by atoms with E-state index in [0.29, 0.717) is 13.1 Å². The van der Waals surface area contributed by atoms with Crippen molar-refractivity contribution in [3.05, 3.63) is 0 Å². The molecule has 0 aromatic carbocycles. The lowest BCUT2D eigenvalue weighted by atomic mass is 10.1. The Morgan fingerprint density at radius 1 is 1.60 bits per heavy atom. The van der Waals surface area contributed by atoms with E-state index in [0.717, 1.165) is 0 Å². The summed E-state index contributed by atoms with van der Waals surface area (Å²) in [5.74, 6) is -2.44. The van der Waals surface area contributed by atoms with Gasteiger partial charge in [0.25, 0.3) is 5.92 Å². The number of rotatable bonds is 0. The molecular formula is C6H10F2IN. The summed E-state index contributed by atoms with van der Waals surface area (Å²) in [4.78, 5) is 1.94. The summed E-state index contributed by atoms with van der Waals surface area (Å²) in [5, 5.41) is 0. The van der Waals surface area contributed by atoms with E-state index in [1.165, 1.54) is 0 Å². The molecule has 4 heteroatoms. The Morgan fingerprint density at radius 2 is 2.20 bits per heavy atom. The van der Waals surface area contributed by atoms with Crippen molar-refractivity contribution < 1.29 is 8.78 Å². The lowest BCUT2D eigenvalue weighted by molar-refractivity contribution is -0.0388. The lowest BCUT2D eigenvalue weighted by Gasteiger charge is -2.33. The van der Waals surface area contributed by atoms with Gasteiger partial charge >= 0.3 is 0 Å². The Bertz CT molecular complexity index is 129. The fourth-order valence-corrected chi connectivity index (χ4v) is 1.98. The first-order valence-corrected chi connectivity index (χ1v) is 4.47. The molecule has 0 radical (unpaired) electrons. The molecule has 1 aliphatic heterocycles. The summed E-state index contributed by atoms with van der Waals surface area (Å²) in [6.45, 7) is 1.03. The van der Waals surface area contributed by atoms with E-state index in [2.05, 4.69) is 0 Å². The molecule has 0 aromatic heterocycles. The van der Waals surface area contributed by atoms with E-state index in [4.69, 9.17) is 0 Å². The average molecular weight is 261 g/mol. The van der Waals surface area contributed by atoms with Crippen LogP contribution in [0.15, 0.2) is 0 Å². The van der Waals surface area contributed by atoms with Crippen molar-refractivity contribution in [2.75, 3.05) is 20.1 Å². The molecule has 0 saturated carbocycles. The molecular weight excluding hydrogens is 251 g/mol. The second-order valence-corrected chi connectivity index (χ2v) is 4.24. The predicted octanol–water partition coefficient (Wildman–Crippen LogP) is 1.76. The molecule has 0 aliphatic carbocycles.